The molecule has 1 aliphatic heterocycles. The topological polar surface area (TPSA) is 62.7 Å². The van der Waals surface area contributed by atoms with Gasteiger partial charge < -0.3 is 4.74 Å². The summed E-state index contributed by atoms with van der Waals surface area (Å²) in [6.07, 6.45) is 3.14. The van der Waals surface area contributed by atoms with E-state index in [4.69, 9.17) is 17.0 Å². The number of thiocarbonyl (C=S) groups is 1. The predicted octanol–water partition coefficient (Wildman–Crippen LogP) is 4.15. The molecule has 2 aromatic carbocycles. The fourth-order valence-corrected chi connectivity index (χ4v) is 3.67. The number of carbonyl (C=O) groups is 2. The zero-order valence-corrected chi connectivity index (χ0v) is 17.8. The number of hydrogen-bond acceptors (Lipinski definition) is 5. The Morgan fingerprint density at radius 1 is 0.903 bits per heavy atom. The number of carbonyl (C=O) groups excluding carboxylic acids is 2. The lowest BCUT2D eigenvalue weighted by Gasteiger charge is -2.36. The van der Waals surface area contributed by atoms with E-state index < -0.39 is 11.8 Å². The van der Waals surface area contributed by atoms with Crippen LogP contribution in [-0.2, 0) is 9.59 Å². The number of para-hydroxylation sites is 1. The lowest BCUT2D eigenvalue weighted by molar-refractivity contribution is -0.120. The molecular weight excluding hydrogens is 410 g/mol. The number of aryl methyl sites for hydroxylation is 1. The van der Waals surface area contributed by atoms with Crippen LogP contribution < -0.4 is 14.5 Å². The molecule has 6 nitrogen and oxygen atoms in total. The normalized spacial score (nSPS) is 15.5. The van der Waals surface area contributed by atoms with Crippen molar-refractivity contribution in [2.24, 2.45) is 0 Å². The number of ether oxygens (including phenoxy) is 1. The van der Waals surface area contributed by atoms with Gasteiger partial charge in [-0.25, -0.2) is 9.88 Å². The molecule has 3 aromatic rings. The van der Waals surface area contributed by atoms with Crippen molar-refractivity contribution in [1.82, 2.24) is 4.98 Å². The smallest absolute Gasteiger partial charge is 0.271 e. The average Bonchev–Trinajstić information content (AvgIpc) is 2.79. The van der Waals surface area contributed by atoms with E-state index in [1.807, 2.05) is 25.1 Å². The molecule has 7 heteroatoms. The van der Waals surface area contributed by atoms with Gasteiger partial charge in [0.1, 0.15) is 17.1 Å². The van der Waals surface area contributed by atoms with Gasteiger partial charge in [-0.3, -0.25) is 14.5 Å². The van der Waals surface area contributed by atoms with Crippen molar-refractivity contribution in [2.75, 3.05) is 16.9 Å². The van der Waals surface area contributed by atoms with Crippen molar-refractivity contribution in [3.63, 3.8) is 0 Å². The second-order valence-corrected chi connectivity index (χ2v) is 7.23. The molecule has 0 saturated carbocycles. The molecule has 1 fully saturated rings. The minimum atomic E-state index is -0.519. The second-order valence-electron chi connectivity index (χ2n) is 6.87. The molecule has 0 N–H and O–H groups in total. The Balaban J connectivity index is 1.86. The molecule has 0 radical (unpaired) electrons. The molecule has 0 aliphatic carbocycles. The fourth-order valence-electron chi connectivity index (χ4n) is 3.31. The number of pyridine rings is 1. The first kappa shape index (κ1) is 20.4. The van der Waals surface area contributed by atoms with Crippen molar-refractivity contribution in [3.05, 3.63) is 89.6 Å². The zero-order chi connectivity index (χ0) is 22.0. The van der Waals surface area contributed by atoms with E-state index in [-0.39, 0.29) is 10.7 Å². The summed E-state index contributed by atoms with van der Waals surface area (Å²) in [6, 6.07) is 19.7. The molecule has 154 valence electrons. The first-order valence-electron chi connectivity index (χ1n) is 9.56. The van der Waals surface area contributed by atoms with Gasteiger partial charge in [-0.15, -0.1) is 0 Å². The molecule has 0 bridgehead atoms. The van der Waals surface area contributed by atoms with Crippen LogP contribution in [-0.4, -0.2) is 29.0 Å². The standard InChI is InChI=1S/C24H19N3O3S/c1-16-7-3-4-8-20(16)26-22(28)19(15-17-10-12-18(30-2)13-11-17)23(29)27(24(26)31)21-9-5-6-14-25-21/h3-15H,1-2H3/b19-15+. The highest BCUT2D eigenvalue weighted by atomic mass is 32.1. The quantitative estimate of drug-likeness (QED) is 0.354. The van der Waals surface area contributed by atoms with E-state index in [2.05, 4.69) is 4.98 Å². The first-order valence-corrected chi connectivity index (χ1v) is 9.97. The maximum Gasteiger partial charge on any atom is 0.271 e. The summed E-state index contributed by atoms with van der Waals surface area (Å²) < 4.78 is 5.18. The van der Waals surface area contributed by atoms with Gasteiger partial charge in [0.05, 0.1) is 12.8 Å². The van der Waals surface area contributed by atoms with Gasteiger partial charge in [-0.1, -0.05) is 36.4 Å². The summed E-state index contributed by atoms with van der Waals surface area (Å²) >= 11 is 5.60. The summed E-state index contributed by atoms with van der Waals surface area (Å²) in [6.45, 7) is 1.89. The monoisotopic (exact) mass is 429 g/mol. The van der Waals surface area contributed by atoms with Crippen LogP contribution in [0, 0.1) is 6.92 Å². The molecular formula is C24H19N3O3S. The number of rotatable bonds is 4. The van der Waals surface area contributed by atoms with E-state index in [1.165, 1.54) is 9.80 Å². The van der Waals surface area contributed by atoms with Crippen LogP contribution in [0.25, 0.3) is 6.08 Å². The second kappa shape index (κ2) is 8.49. The first-order chi connectivity index (χ1) is 15.0. The van der Waals surface area contributed by atoms with Crippen LogP contribution >= 0.6 is 12.2 Å². The molecule has 1 aromatic heterocycles. The third kappa shape index (κ3) is 3.83. The summed E-state index contributed by atoms with van der Waals surface area (Å²) in [5.74, 6) is 0.0344. The van der Waals surface area contributed by atoms with Gasteiger partial charge in [0.15, 0.2) is 5.11 Å². The summed E-state index contributed by atoms with van der Waals surface area (Å²) in [4.78, 5) is 33.8. The molecule has 0 spiro atoms. The highest BCUT2D eigenvalue weighted by molar-refractivity contribution is 7.81. The SMILES string of the molecule is COc1ccc(/C=C2/C(=O)N(c3ccccn3)C(=S)N(c3ccccc3C)C2=O)cc1. The maximum absolute atomic E-state index is 13.5. The lowest BCUT2D eigenvalue weighted by Crippen LogP contribution is -2.57. The summed E-state index contributed by atoms with van der Waals surface area (Å²) in [7, 11) is 1.58. The van der Waals surface area contributed by atoms with Crippen molar-refractivity contribution in [1.29, 1.82) is 0 Å². The average molecular weight is 430 g/mol. The van der Waals surface area contributed by atoms with E-state index in [9.17, 15) is 9.59 Å². The minimum Gasteiger partial charge on any atom is -0.497 e. The van der Waals surface area contributed by atoms with Gasteiger partial charge in [0.25, 0.3) is 11.8 Å². The summed E-state index contributed by atoms with van der Waals surface area (Å²) in [5, 5.41) is 0.0647. The Labute approximate surface area is 185 Å². The van der Waals surface area contributed by atoms with Gasteiger partial charge >= 0.3 is 0 Å². The van der Waals surface area contributed by atoms with Gasteiger partial charge in [-0.2, -0.15) is 0 Å². The third-order valence-electron chi connectivity index (χ3n) is 4.91. The number of anilines is 2. The number of nitrogens with zero attached hydrogens (tertiary/aromatic N) is 3. The van der Waals surface area contributed by atoms with Gasteiger partial charge in [0.2, 0.25) is 0 Å². The third-order valence-corrected chi connectivity index (χ3v) is 5.28. The number of hydrogen-bond donors (Lipinski definition) is 0. The Kier molecular flexibility index (Phi) is 5.60. The number of aromatic nitrogens is 1. The van der Waals surface area contributed by atoms with E-state index >= 15 is 0 Å². The molecule has 31 heavy (non-hydrogen) atoms. The van der Waals surface area contributed by atoms with Crippen molar-refractivity contribution in [2.45, 2.75) is 6.92 Å². The number of benzene rings is 2. The van der Waals surface area contributed by atoms with Crippen LogP contribution in [0.15, 0.2) is 78.5 Å². The van der Waals surface area contributed by atoms with Crippen LogP contribution in [0.3, 0.4) is 0 Å². The maximum atomic E-state index is 13.5. The Morgan fingerprint density at radius 3 is 2.23 bits per heavy atom. The van der Waals surface area contributed by atoms with E-state index in [1.54, 1.807) is 67.9 Å². The van der Waals surface area contributed by atoms with Crippen LogP contribution in [0.2, 0.25) is 0 Å². The number of amides is 2. The van der Waals surface area contributed by atoms with Crippen molar-refractivity contribution >= 4 is 46.7 Å². The largest absolute Gasteiger partial charge is 0.497 e. The van der Waals surface area contributed by atoms with E-state index in [0.717, 1.165) is 5.56 Å². The zero-order valence-electron chi connectivity index (χ0n) is 17.0. The Morgan fingerprint density at radius 2 is 1.58 bits per heavy atom. The molecule has 1 aliphatic rings. The van der Waals surface area contributed by atoms with E-state index in [0.29, 0.717) is 22.8 Å². The van der Waals surface area contributed by atoms with Gasteiger partial charge in [0, 0.05) is 6.20 Å². The Bertz CT molecular complexity index is 1190. The minimum absolute atomic E-state index is 0.00678. The van der Waals surface area contributed by atoms with Crippen molar-refractivity contribution in [3.8, 4) is 5.75 Å². The number of methoxy groups -OCH3 is 1. The predicted molar refractivity (Wildman–Crippen MR) is 124 cm³/mol. The lowest BCUT2D eigenvalue weighted by atomic mass is 10.0. The molecule has 1 saturated heterocycles. The highest BCUT2D eigenvalue weighted by Crippen LogP contribution is 2.30. The van der Waals surface area contributed by atoms with Crippen LogP contribution in [0.4, 0.5) is 11.5 Å². The Hall–Kier alpha value is -3.84. The van der Waals surface area contributed by atoms with Crippen LogP contribution in [0.1, 0.15) is 11.1 Å². The summed E-state index contributed by atoms with van der Waals surface area (Å²) in [5.41, 5.74) is 2.16. The van der Waals surface area contributed by atoms with Gasteiger partial charge in [-0.05, 0) is 66.7 Å². The molecule has 2 amide bonds. The molecule has 0 unspecified atom stereocenters. The van der Waals surface area contributed by atoms with Crippen molar-refractivity contribution < 1.29 is 14.3 Å². The van der Waals surface area contributed by atoms with Crippen LogP contribution in [0.5, 0.6) is 5.75 Å². The molecule has 0 atom stereocenters. The fraction of sp³-hybridized carbons (Fsp3) is 0.0833. The molecule has 4 rings (SSSR count). The molecule has 2 heterocycles. The highest BCUT2D eigenvalue weighted by Gasteiger charge is 2.42.